The number of aliphatic hydroxyl groups excluding tert-OH is 1. The number of hydrogen-bond donors (Lipinski definition) is 7. The standard InChI is InChI=1S/C68H116N11O16P/c1-24-49-64(87)73(17)36-54(80)74(18)50(32-38(2)3)61(84)72-55(42(10)11)67(90)75(19)51(33-39(4)5)60(83)69-45(15)59(82)70-46(16)63(86)76(20)52(34-40(6)7)65(88)77(21)53(35-41(8)9)66(89)78(22)56(43(12)13)68(91)79(23)57(62(85)71-49)58(81)44(14)26-25-27-47-28-30-48(31-29-47)95-37-96(92,93)94/h25,27-31,38-46,49-53,55-58,81H,24,26,32-37H2,1-23H3,(H,69,83)(H,70,82)(H,71,85)(H,72,84)(H2,92,93,94)/b27-25+/t44-,45+,46-,49+,50+,51+,52+,53+,55+,56+,57+,58-/m1/s1. The second-order valence-corrected chi connectivity index (χ2v) is 30.0. The van der Waals surface area contributed by atoms with Gasteiger partial charge in [0.15, 0.2) is 6.35 Å². The lowest BCUT2D eigenvalue weighted by Crippen LogP contribution is -2.63. The summed E-state index contributed by atoms with van der Waals surface area (Å²) in [7, 11) is 5.29. The number of nitrogens with zero attached hydrogens (tertiary/aromatic N) is 7. The quantitative estimate of drug-likeness (QED) is 0.0965. The highest BCUT2D eigenvalue weighted by Crippen LogP contribution is 2.35. The van der Waals surface area contributed by atoms with Crippen LogP contribution in [-0.4, -0.2) is 243 Å². The van der Waals surface area contributed by atoms with Gasteiger partial charge in [-0.05, 0) is 111 Å². The molecule has 1 aliphatic heterocycles. The van der Waals surface area contributed by atoms with E-state index in [1.807, 2.05) is 55.4 Å². The Hall–Kier alpha value is -6.96. The molecule has 0 bridgehead atoms. The monoisotopic (exact) mass is 1370 g/mol. The SMILES string of the molecule is CC[C@@H]1NC(=O)[C@H]([C@H](O)[C@H](C)C/C=C/c2ccc(OCP(=O)(O)O)cc2)N(C)C(=O)[C@H](C(C)C)N(C)C(=O)[C@H](CC(C)C)N(C)C(=O)[C@H](CC(C)C)N(C)C(=O)[C@@H](C)NC(=O)[C@H](C)NC(=O)[C@H](CC(C)C)N(C)C(=O)[C@H](C(C)C)NC(=O)[C@H](CC(C)C)N(C)C(=O)CN(C)C1=O. The molecule has 28 heteroatoms. The van der Waals surface area contributed by atoms with Gasteiger partial charge in [-0.1, -0.05) is 121 Å². The maximum Gasteiger partial charge on any atom is 0.362 e. The third-order valence-electron chi connectivity index (χ3n) is 17.4. The first-order chi connectivity index (χ1) is 44.3. The van der Waals surface area contributed by atoms with Crippen molar-refractivity contribution >= 4 is 78.7 Å². The van der Waals surface area contributed by atoms with Crippen LogP contribution in [0.25, 0.3) is 6.08 Å². The second kappa shape index (κ2) is 38.3. The first-order valence-electron chi connectivity index (χ1n) is 33.5. The molecule has 1 saturated heterocycles. The lowest BCUT2D eigenvalue weighted by molar-refractivity contribution is -0.157. The van der Waals surface area contributed by atoms with Crippen LogP contribution in [0.3, 0.4) is 0 Å². The predicted molar refractivity (Wildman–Crippen MR) is 367 cm³/mol. The van der Waals surface area contributed by atoms with E-state index in [-0.39, 0.29) is 67.9 Å². The third kappa shape index (κ3) is 24.8. The van der Waals surface area contributed by atoms with Crippen LogP contribution in [0.2, 0.25) is 0 Å². The van der Waals surface area contributed by atoms with E-state index in [0.717, 1.165) is 9.80 Å². The second-order valence-electron chi connectivity index (χ2n) is 28.4. The molecule has 96 heavy (non-hydrogen) atoms. The summed E-state index contributed by atoms with van der Waals surface area (Å²) in [4.78, 5) is 188. The number of nitrogens with one attached hydrogen (secondary N) is 4. The Morgan fingerprint density at radius 1 is 0.510 bits per heavy atom. The van der Waals surface area contributed by atoms with Gasteiger partial charge in [-0.2, -0.15) is 0 Å². The van der Waals surface area contributed by atoms with Crippen LogP contribution in [0.5, 0.6) is 5.75 Å². The molecule has 0 radical (unpaired) electrons. The molecule has 7 N–H and O–H groups in total. The zero-order valence-electron chi connectivity index (χ0n) is 61.2. The predicted octanol–water partition coefficient (Wildman–Crippen LogP) is 3.92. The van der Waals surface area contributed by atoms with E-state index in [0.29, 0.717) is 5.56 Å². The zero-order valence-corrected chi connectivity index (χ0v) is 62.1. The van der Waals surface area contributed by atoms with Gasteiger partial charge in [-0.3, -0.25) is 57.3 Å². The summed E-state index contributed by atoms with van der Waals surface area (Å²) < 4.78 is 16.6. The van der Waals surface area contributed by atoms with Crippen molar-refractivity contribution in [2.24, 2.45) is 41.4 Å². The van der Waals surface area contributed by atoms with Gasteiger partial charge in [-0.25, -0.2) is 0 Å². The lowest BCUT2D eigenvalue weighted by Gasteiger charge is -2.41. The van der Waals surface area contributed by atoms with Gasteiger partial charge in [0.05, 0.1) is 12.6 Å². The number of hydrogen-bond acceptors (Lipinski definition) is 14. The van der Waals surface area contributed by atoms with Crippen LogP contribution in [-0.2, 0) is 57.3 Å². The number of benzene rings is 1. The van der Waals surface area contributed by atoms with E-state index < -0.39 is 170 Å². The van der Waals surface area contributed by atoms with Crippen LogP contribution in [0.4, 0.5) is 0 Å². The Labute approximate surface area is 570 Å². The van der Waals surface area contributed by atoms with Crippen LogP contribution >= 0.6 is 7.60 Å². The third-order valence-corrected chi connectivity index (χ3v) is 17.9. The first kappa shape index (κ1) is 85.1. The molecule has 27 nitrogen and oxygen atoms in total. The fourth-order valence-corrected chi connectivity index (χ4v) is 11.9. The molecule has 1 heterocycles. The van der Waals surface area contributed by atoms with E-state index in [4.69, 9.17) is 4.74 Å². The van der Waals surface area contributed by atoms with Crippen LogP contribution in [0.1, 0.15) is 155 Å². The van der Waals surface area contributed by atoms with E-state index in [9.17, 15) is 53.0 Å². The molecule has 11 amide bonds. The summed E-state index contributed by atoms with van der Waals surface area (Å²) in [6.07, 6.45) is 1.52. The summed E-state index contributed by atoms with van der Waals surface area (Å²) in [5.41, 5.74) is 0.647. The molecule has 12 atom stereocenters. The van der Waals surface area contributed by atoms with Gasteiger partial charge in [0.2, 0.25) is 65.0 Å². The van der Waals surface area contributed by atoms with E-state index >= 15 is 19.2 Å². The van der Waals surface area contributed by atoms with E-state index in [1.54, 1.807) is 65.8 Å². The average molecular weight is 1370 g/mol. The minimum atomic E-state index is -4.44. The van der Waals surface area contributed by atoms with Crippen molar-refractivity contribution in [2.75, 3.05) is 62.2 Å². The Bertz CT molecular complexity index is 2900. The summed E-state index contributed by atoms with van der Waals surface area (Å²) in [5.74, 6) is -10.4. The van der Waals surface area contributed by atoms with Gasteiger partial charge in [0.1, 0.15) is 66.2 Å². The maximum absolute atomic E-state index is 15.4. The van der Waals surface area contributed by atoms with Crippen molar-refractivity contribution in [1.29, 1.82) is 0 Å². The number of carbonyl (C=O) groups is 11. The number of ether oxygens (including phenoxy) is 1. The molecule has 1 aliphatic rings. The van der Waals surface area contributed by atoms with Crippen molar-refractivity contribution in [2.45, 2.75) is 216 Å². The maximum atomic E-state index is 15.4. The largest absolute Gasteiger partial charge is 0.481 e. The Balaban J connectivity index is 2.99. The van der Waals surface area contributed by atoms with Crippen molar-refractivity contribution in [3.05, 3.63) is 35.9 Å². The molecule has 1 fully saturated rings. The minimum Gasteiger partial charge on any atom is -0.481 e. The molecule has 1 aromatic rings. The average Bonchev–Trinajstić information content (AvgIpc) is 0.810. The van der Waals surface area contributed by atoms with Gasteiger partial charge in [0, 0.05) is 49.3 Å². The topological polar surface area (TPSA) is 346 Å². The molecule has 2 rings (SSSR count). The molecule has 0 aromatic heterocycles. The van der Waals surface area contributed by atoms with Crippen LogP contribution in [0.15, 0.2) is 30.3 Å². The lowest BCUT2D eigenvalue weighted by atomic mass is 9.91. The smallest absolute Gasteiger partial charge is 0.362 e. The van der Waals surface area contributed by atoms with Crippen molar-refractivity contribution in [3.8, 4) is 5.75 Å². The normalized spacial score (nSPS) is 25.3. The number of carbonyl (C=O) groups excluding carboxylic acids is 11. The van der Waals surface area contributed by atoms with Crippen molar-refractivity contribution < 1.29 is 76.9 Å². The molecule has 0 spiro atoms. The highest BCUT2D eigenvalue weighted by atomic mass is 31.2. The number of aliphatic hydroxyl groups is 1. The highest BCUT2D eigenvalue weighted by Gasteiger charge is 2.46. The summed E-state index contributed by atoms with van der Waals surface area (Å²) >= 11 is 0. The Kier molecular flexibility index (Phi) is 33.9. The molecular formula is C68H116N11O16P. The van der Waals surface area contributed by atoms with E-state index in [2.05, 4.69) is 21.3 Å². The van der Waals surface area contributed by atoms with Crippen LogP contribution in [0, 0.1) is 41.4 Å². The summed E-state index contributed by atoms with van der Waals surface area (Å²) in [6, 6.07) is -6.56. The molecule has 544 valence electrons. The number of allylic oxidation sites excluding steroid dienone is 1. The molecular weight excluding hydrogens is 1260 g/mol. The number of amides is 11. The van der Waals surface area contributed by atoms with Gasteiger partial charge >= 0.3 is 7.60 Å². The first-order valence-corrected chi connectivity index (χ1v) is 35.3. The van der Waals surface area contributed by atoms with Gasteiger partial charge in [-0.15, -0.1) is 0 Å². The van der Waals surface area contributed by atoms with E-state index in [1.165, 1.54) is 99.8 Å². The highest BCUT2D eigenvalue weighted by molar-refractivity contribution is 7.51. The van der Waals surface area contributed by atoms with Crippen molar-refractivity contribution in [1.82, 2.24) is 55.6 Å². The Morgan fingerprint density at radius 3 is 1.42 bits per heavy atom. The minimum absolute atomic E-state index is 0.0393. The fourth-order valence-electron chi connectivity index (χ4n) is 11.6. The zero-order chi connectivity index (χ0) is 73.9. The summed E-state index contributed by atoms with van der Waals surface area (Å²) in [5, 5.41) is 23.4. The molecule has 0 saturated carbocycles. The van der Waals surface area contributed by atoms with Crippen LogP contribution < -0.4 is 26.0 Å². The van der Waals surface area contributed by atoms with Crippen molar-refractivity contribution in [3.63, 3.8) is 0 Å². The molecule has 0 unspecified atom stereocenters. The summed E-state index contributed by atoms with van der Waals surface area (Å²) in [6.45, 7) is 27.1. The number of rotatable bonds is 19. The fraction of sp³-hybridized carbons (Fsp3) is 0.721. The molecule has 1 aromatic carbocycles. The van der Waals surface area contributed by atoms with Gasteiger partial charge < -0.3 is 75.2 Å². The van der Waals surface area contributed by atoms with Gasteiger partial charge in [0.25, 0.3) is 0 Å². The Morgan fingerprint density at radius 2 is 0.948 bits per heavy atom. The molecule has 0 aliphatic carbocycles. The number of likely N-dealkylation sites (N-methyl/N-ethyl adjacent to an activating group) is 7.